The minimum Gasteiger partial charge on any atom is -0.478 e. The normalized spacial score (nSPS) is 10.2. The Kier molecular flexibility index (Phi) is 3.92. The molecule has 2 rings (SSSR count). The molecule has 0 saturated heterocycles. The van der Waals surface area contributed by atoms with Crippen LogP contribution in [0.5, 0.6) is 0 Å². The van der Waals surface area contributed by atoms with Gasteiger partial charge in [0.15, 0.2) is 0 Å². The lowest BCUT2D eigenvalue weighted by Crippen LogP contribution is -2.13. The summed E-state index contributed by atoms with van der Waals surface area (Å²) in [5, 5.41) is 11.9. The number of carboxylic acids is 1. The van der Waals surface area contributed by atoms with Crippen molar-refractivity contribution in [3.63, 3.8) is 0 Å². The zero-order valence-electron chi connectivity index (χ0n) is 9.41. The number of carbonyl (C=O) groups is 2. The van der Waals surface area contributed by atoms with E-state index in [0.717, 1.165) is 0 Å². The van der Waals surface area contributed by atoms with E-state index >= 15 is 0 Å². The van der Waals surface area contributed by atoms with Crippen molar-refractivity contribution in [2.45, 2.75) is 0 Å². The van der Waals surface area contributed by atoms with Crippen molar-refractivity contribution in [2.24, 2.45) is 0 Å². The van der Waals surface area contributed by atoms with Crippen molar-refractivity contribution in [3.05, 3.63) is 51.2 Å². The third kappa shape index (κ3) is 3.15. The van der Waals surface area contributed by atoms with Crippen LogP contribution < -0.4 is 5.32 Å². The van der Waals surface area contributed by atoms with Crippen molar-refractivity contribution >= 4 is 45.1 Å². The average molecular weight is 344 g/mol. The molecule has 0 unspecified atom stereocenters. The van der Waals surface area contributed by atoms with Crippen LogP contribution in [0.1, 0.15) is 20.8 Å². The van der Waals surface area contributed by atoms with Crippen molar-refractivity contribution in [1.82, 2.24) is 4.98 Å². The second-order valence-electron chi connectivity index (χ2n) is 3.69. The molecule has 0 aliphatic carbocycles. The Bertz CT molecular complexity index is 654. The number of H-pyrrole nitrogens is 1. The molecule has 7 heteroatoms. The van der Waals surface area contributed by atoms with Gasteiger partial charge in [0.25, 0.3) is 5.91 Å². The van der Waals surface area contributed by atoms with Crippen LogP contribution in [-0.2, 0) is 0 Å². The minimum atomic E-state index is -1.06. The van der Waals surface area contributed by atoms with E-state index in [9.17, 15) is 9.59 Å². The van der Waals surface area contributed by atoms with Crippen molar-refractivity contribution in [2.75, 3.05) is 5.32 Å². The third-order valence-electron chi connectivity index (χ3n) is 2.35. The number of aromatic carboxylic acids is 1. The number of rotatable bonds is 3. The van der Waals surface area contributed by atoms with Gasteiger partial charge >= 0.3 is 5.97 Å². The molecule has 0 spiro atoms. The Morgan fingerprint density at radius 3 is 2.63 bits per heavy atom. The Balaban J connectivity index is 2.25. The fourth-order valence-electron chi connectivity index (χ4n) is 1.44. The van der Waals surface area contributed by atoms with Gasteiger partial charge in [-0.3, -0.25) is 4.79 Å². The van der Waals surface area contributed by atoms with E-state index in [1.54, 1.807) is 6.07 Å². The quantitative estimate of drug-likeness (QED) is 0.799. The van der Waals surface area contributed by atoms with Gasteiger partial charge in [-0.05, 0) is 40.2 Å². The van der Waals surface area contributed by atoms with Crippen molar-refractivity contribution < 1.29 is 14.7 Å². The van der Waals surface area contributed by atoms with Gasteiger partial charge in [-0.2, -0.15) is 0 Å². The number of hydrogen-bond acceptors (Lipinski definition) is 2. The highest BCUT2D eigenvalue weighted by Gasteiger charge is 2.12. The molecule has 5 nitrogen and oxygen atoms in total. The zero-order valence-corrected chi connectivity index (χ0v) is 11.7. The first kappa shape index (κ1) is 13.6. The van der Waals surface area contributed by atoms with Gasteiger partial charge in [0.05, 0.1) is 16.3 Å². The van der Waals surface area contributed by atoms with Crippen LogP contribution in [0.15, 0.2) is 34.9 Å². The molecule has 1 amide bonds. The number of benzene rings is 1. The molecule has 19 heavy (non-hydrogen) atoms. The van der Waals surface area contributed by atoms with Gasteiger partial charge in [-0.1, -0.05) is 11.6 Å². The fraction of sp³-hybridized carbons (Fsp3) is 0. The van der Waals surface area contributed by atoms with Gasteiger partial charge in [0.1, 0.15) is 5.69 Å². The molecule has 1 heterocycles. The number of carbonyl (C=O) groups excluding carboxylic acids is 1. The third-order valence-corrected chi connectivity index (χ3v) is 3.26. The molecular formula is C12H8BrClN2O3. The summed E-state index contributed by atoms with van der Waals surface area (Å²) in [7, 11) is 0. The number of aromatic nitrogens is 1. The van der Waals surface area contributed by atoms with Crippen molar-refractivity contribution in [3.8, 4) is 0 Å². The fourth-order valence-corrected chi connectivity index (χ4v) is 1.95. The Morgan fingerprint density at radius 1 is 1.32 bits per heavy atom. The van der Waals surface area contributed by atoms with E-state index in [1.165, 1.54) is 24.4 Å². The molecule has 0 aliphatic heterocycles. The van der Waals surface area contributed by atoms with Gasteiger partial charge in [0.2, 0.25) is 0 Å². The first-order valence-corrected chi connectivity index (χ1v) is 6.32. The number of hydrogen-bond donors (Lipinski definition) is 3. The van der Waals surface area contributed by atoms with E-state index in [0.29, 0.717) is 15.2 Å². The largest absolute Gasteiger partial charge is 0.478 e. The molecule has 0 aliphatic rings. The van der Waals surface area contributed by atoms with E-state index < -0.39 is 11.9 Å². The van der Waals surface area contributed by atoms with E-state index in [-0.39, 0.29) is 11.3 Å². The lowest BCUT2D eigenvalue weighted by atomic mass is 10.2. The summed E-state index contributed by atoms with van der Waals surface area (Å²) >= 11 is 8.95. The van der Waals surface area contributed by atoms with Gasteiger partial charge in [-0.15, -0.1) is 0 Å². The summed E-state index contributed by atoms with van der Waals surface area (Å²) in [6.07, 6.45) is 1.49. The predicted molar refractivity (Wildman–Crippen MR) is 74.9 cm³/mol. The monoisotopic (exact) mass is 342 g/mol. The first-order valence-electron chi connectivity index (χ1n) is 5.15. The lowest BCUT2D eigenvalue weighted by Gasteiger charge is -2.07. The number of amides is 1. The molecule has 0 saturated carbocycles. The van der Waals surface area contributed by atoms with Crippen LogP contribution in [0.25, 0.3) is 0 Å². The number of anilines is 1. The number of halogens is 2. The topological polar surface area (TPSA) is 82.2 Å². The van der Waals surface area contributed by atoms with Gasteiger partial charge in [0, 0.05) is 10.7 Å². The van der Waals surface area contributed by atoms with Gasteiger partial charge in [-0.25, -0.2) is 4.79 Å². The first-order chi connectivity index (χ1) is 8.97. The smallest absolute Gasteiger partial charge is 0.335 e. The molecule has 0 radical (unpaired) electrons. The van der Waals surface area contributed by atoms with E-state index in [1.807, 2.05) is 0 Å². The van der Waals surface area contributed by atoms with Crippen LogP contribution >= 0.6 is 27.5 Å². The molecule has 0 atom stereocenters. The molecule has 1 aromatic carbocycles. The standard InChI is InChI=1S/C12H8BrClN2O3/c13-8-2-1-6(12(18)19)3-9(8)16-11(17)10-4-7(14)5-15-10/h1-5,15H,(H,16,17)(H,18,19). The maximum Gasteiger partial charge on any atom is 0.335 e. The van der Waals surface area contributed by atoms with E-state index in [2.05, 4.69) is 26.2 Å². The van der Waals surface area contributed by atoms with Crippen LogP contribution in [0, 0.1) is 0 Å². The minimum absolute atomic E-state index is 0.0861. The highest BCUT2D eigenvalue weighted by molar-refractivity contribution is 9.10. The van der Waals surface area contributed by atoms with Crippen molar-refractivity contribution in [1.29, 1.82) is 0 Å². The summed E-state index contributed by atoms with van der Waals surface area (Å²) in [4.78, 5) is 25.5. The number of aromatic amines is 1. The summed E-state index contributed by atoms with van der Waals surface area (Å²) in [5.74, 6) is -1.47. The average Bonchev–Trinajstić information content (AvgIpc) is 2.78. The molecule has 3 N–H and O–H groups in total. The highest BCUT2D eigenvalue weighted by Crippen LogP contribution is 2.24. The lowest BCUT2D eigenvalue weighted by molar-refractivity contribution is 0.0696. The molecule has 1 aromatic heterocycles. The molecule has 98 valence electrons. The summed E-state index contributed by atoms with van der Waals surface area (Å²) < 4.78 is 0.587. The second-order valence-corrected chi connectivity index (χ2v) is 4.98. The summed E-state index contributed by atoms with van der Waals surface area (Å²) in [6, 6.07) is 5.84. The zero-order chi connectivity index (χ0) is 14.0. The summed E-state index contributed by atoms with van der Waals surface area (Å²) in [6.45, 7) is 0. The maximum atomic E-state index is 11.9. The second kappa shape index (κ2) is 5.46. The highest BCUT2D eigenvalue weighted by atomic mass is 79.9. The summed E-state index contributed by atoms with van der Waals surface area (Å²) in [5.41, 5.74) is 0.747. The molecule has 0 fully saturated rings. The Hall–Kier alpha value is -1.79. The van der Waals surface area contributed by atoms with E-state index in [4.69, 9.17) is 16.7 Å². The van der Waals surface area contributed by atoms with Crippen LogP contribution in [0.3, 0.4) is 0 Å². The molecule has 0 bridgehead atoms. The Labute approximate surface area is 121 Å². The van der Waals surface area contributed by atoms with Crippen LogP contribution in [0.2, 0.25) is 5.02 Å². The maximum absolute atomic E-state index is 11.9. The van der Waals surface area contributed by atoms with Gasteiger partial charge < -0.3 is 15.4 Å². The molecular weight excluding hydrogens is 336 g/mol. The SMILES string of the molecule is O=C(O)c1ccc(Br)c(NC(=O)c2cc(Cl)c[nH]2)c1. The predicted octanol–water partition coefficient (Wildman–Crippen LogP) is 3.38. The molecule has 2 aromatic rings. The van der Waals surface area contributed by atoms with Crippen LogP contribution in [0.4, 0.5) is 5.69 Å². The Morgan fingerprint density at radius 2 is 2.05 bits per heavy atom. The number of carboxylic acid groups (broad SMARTS) is 1. The van der Waals surface area contributed by atoms with Crippen LogP contribution in [-0.4, -0.2) is 22.0 Å². The number of nitrogens with one attached hydrogen (secondary N) is 2.